The zero-order valence-electron chi connectivity index (χ0n) is 5.20. The predicted octanol–water partition coefficient (Wildman–Crippen LogP) is 2.48. The molecule has 0 aliphatic heterocycles. The van der Waals surface area contributed by atoms with E-state index < -0.39 is 4.46 Å². The minimum absolute atomic E-state index is 0.356. The summed E-state index contributed by atoms with van der Waals surface area (Å²) in [5.74, 6) is 0. The maximum atomic E-state index is 5.67. The standard InChI is InChI=1S/C5H10Cl3N/c1-2-3-4(6)5(7,8)9/h4H,2-3,9H2,1H3. The Balaban J connectivity index is 3.59. The fourth-order valence-corrected chi connectivity index (χ4v) is 0.882. The molecule has 0 amide bonds. The molecule has 0 saturated heterocycles. The van der Waals surface area contributed by atoms with Gasteiger partial charge in [-0.25, -0.2) is 0 Å². The number of hydrogen-bond donors (Lipinski definition) is 1. The van der Waals surface area contributed by atoms with Gasteiger partial charge in [0.2, 0.25) is 0 Å². The van der Waals surface area contributed by atoms with Gasteiger partial charge in [-0.3, -0.25) is 5.73 Å². The number of nitrogens with two attached hydrogens (primary N) is 1. The molecule has 9 heavy (non-hydrogen) atoms. The molecule has 0 rings (SSSR count). The number of alkyl halides is 3. The summed E-state index contributed by atoms with van der Waals surface area (Å²) in [6, 6.07) is 0. The highest BCUT2D eigenvalue weighted by atomic mass is 35.5. The zero-order chi connectivity index (χ0) is 7.49. The van der Waals surface area contributed by atoms with Crippen LogP contribution in [0.3, 0.4) is 0 Å². The summed E-state index contributed by atoms with van der Waals surface area (Å²) in [4.78, 5) is 0. The first-order valence-corrected chi connectivity index (χ1v) is 3.98. The van der Waals surface area contributed by atoms with Crippen LogP contribution in [0.5, 0.6) is 0 Å². The van der Waals surface area contributed by atoms with Crippen molar-refractivity contribution in [3.05, 3.63) is 0 Å². The third-order valence-electron chi connectivity index (χ3n) is 0.960. The zero-order valence-corrected chi connectivity index (χ0v) is 7.47. The highest BCUT2D eigenvalue weighted by Crippen LogP contribution is 2.26. The Labute approximate surface area is 70.4 Å². The van der Waals surface area contributed by atoms with E-state index in [4.69, 9.17) is 40.5 Å². The second-order valence-electron chi connectivity index (χ2n) is 1.93. The first-order valence-electron chi connectivity index (χ1n) is 2.79. The van der Waals surface area contributed by atoms with Gasteiger partial charge < -0.3 is 0 Å². The molecule has 0 aliphatic rings. The Kier molecular flexibility index (Phi) is 4.22. The van der Waals surface area contributed by atoms with E-state index in [-0.39, 0.29) is 5.38 Å². The second-order valence-corrected chi connectivity index (χ2v) is 3.90. The van der Waals surface area contributed by atoms with E-state index in [1.165, 1.54) is 0 Å². The monoisotopic (exact) mass is 189 g/mol. The highest BCUT2D eigenvalue weighted by molar-refractivity contribution is 6.51. The van der Waals surface area contributed by atoms with Gasteiger partial charge in [0.15, 0.2) is 4.46 Å². The summed E-state index contributed by atoms with van der Waals surface area (Å²) >= 11 is 16.6. The van der Waals surface area contributed by atoms with Gasteiger partial charge in [0.25, 0.3) is 0 Å². The Bertz CT molecular complexity index is 78.8. The molecule has 1 atom stereocenters. The van der Waals surface area contributed by atoms with Crippen molar-refractivity contribution in [1.29, 1.82) is 0 Å². The molecule has 0 fully saturated rings. The number of rotatable bonds is 3. The van der Waals surface area contributed by atoms with Crippen molar-refractivity contribution in [3.63, 3.8) is 0 Å². The predicted molar refractivity (Wildman–Crippen MR) is 43.2 cm³/mol. The van der Waals surface area contributed by atoms with Gasteiger partial charge in [0.1, 0.15) is 0 Å². The molecule has 56 valence electrons. The number of halogens is 3. The van der Waals surface area contributed by atoms with Crippen molar-refractivity contribution in [2.45, 2.75) is 29.6 Å². The molecule has 0 aromatic carbocycles. The fourth-order valence-electron chi connectivity index (χ4n) is 0.446. The summed E-state index contributed by atoms with van der Waals surface area (Å²) in [6.07, 6.45) is 1.68. The molecule has 0 aromatic heterocycles. The van der Waals surface area contributed by atoms with E-state index in [1.807, 2.05) is 6.92 Å². The van der Waals surface area contributed by atoms with Crippen LogP contribution in [0.1, 0.15) is 19.8 Å². The van der Waals surface area contributed by atoms with Crippen LogP contribution in [0.2, 0.25) is 0 Å². The largest absolute Gasteiger partial charge is 0.299 e. The lowest BCUT2D eigenvalue weighted by Crippen LogP contribution is -2.36. The lowest BCUT2D eigenvalue weighted by atomic mass is 10.2. The van der Waals surface area contributed by atoms with Crippen LogP contribution >= 0.6 is 34.8 Å². The topological polar surface area (TPSA) is 26.0 Å². The van der Waals surface area contributed by atoms with Crippen LogP contribution in [0, 0.1) is 0 Å². The Morgan fingerprint density at radius 2 is 2.00 bits per heavy atom. The van der Waals surface area contributed by atoms with Gasteiger partial charge in [-0.1, -0.05) is 36.5 Å². The molecule has 0 radical (unpaired) electrons. The normalized spacial score (nSPS) is 15.7. The smallest absolute Gasteiger partial charge is 0.182 e. The van der Waals surface area contributed by atoms with Crippen molar-refractivity contribution >= 4 is 34.8 Å². The summed E-state index contributed by atoms with van der Waals surface area (Å²) in [6.45, 7) is 1.99. The van der Waals surface area contributed by atoms with E-state index in [1.54, 1.807) is 0 Å². The summed E-state index contributed by atoms with van der Waals surface area (Å²) < 4.78 is -1.28. The first kappa shape index (κ1) is 9.83. The Hall–Kier alpha value is 0.830. The maximum Gasteiger partial charge on any atom is 0.182 e. The Morgan fingerprint density at radius 1 is 1.56 bits per heavy atom. The van der Waals surface area contributed by atoms with Gasteiger partial charge >= 0.3 is 0 Å². The third-order valence-corrected chi connectivity index (χ3v) is 2.27. The average Bonchev–Trinajstić information content (AvgIpc) is 1.64. The van der Waals surface area contributed by atoms with Crippen LogP contribution in [0.15, 0.2) is 0 Å². The van der Waals surface area contributed by atoms with E-state index in [2.05, 4.69) is 0 Å². The molecule has 0 bridgehead atoms. The molecular formula is C5H10Cl3N. The van der Waals surface area contributed by atoms with Gasteiger partial charge in [-0.15, -0.1) is 11.6 Å². The molecule has 1 unspecified atom stereocenters. The average molecular weight is 191 g/mol. The Morgan fingerprint density at radius 3 is 2.11 bits per heavy atom. The van der Waals surface area contributed by atoms with Gasteiger partial charge in [-0.2, -0.15) is 0 Å². The van der Waals surface area contributed by atoms with Gasteiger partial charge in [-0.05, 0) is 6.42 Å². The molecule has 0 aliphatic carbocycles. The van der Waals surface area contributed by atoms with Crippen molar-refractivity contribution in [2.75, 3.05) is 0 Å². The van der Waals surface area contributed by atoms with E-state index in [0.29, 0.717) is 0 Å². The van der Waals surface area contributed by atoms with Crippen molar-refractivity contribution < 1.29 is 0 Å². The quantitative estimate of drug-likeness (QED) is 0.537. The first-order chi connectivity index (χ1) is 3.98. The van der Waals surface area contributed by atoms with Crippen molar-refractivity contribution in [3.8, 4) is 0 Å². The molecular weight excluding hydrogens is 180 g/mol. The molecule has 0 saturated carbocycles. The lowest BCUT2D eigenvalue weighted by Gasteiger charge is -2.18. The minimum Gasteiger partial charge on any atom is -0.299 e. The maximum absolute atomic E-state index is 5.67. The third kappa shape index (κ3) is 4.26. The molecule has 4 heteroatoms. The van der Waals surface area contributed by atoms with Crippen molar-refractivity contribution in [1.82, 2.24) is 0 Å². The molecule has 0 heterocycles. The van der Waals surface area contributed by atoms with Crippen LogP contribution < -0.4 is 5.73 Å². The van der Waals surface area contributed by atoms with Crippen LogP contribution in [0.4, 0.5) is 0 Å². The highest BCUT2D eigenvalue weighted by Gasteiger charge is 2.27. The fraction of sp³-hybridized carbons (Fsp3) is 1.00. The summed E-state index contributed by atoms with van der Waals surface area (Å²) in [5.41, 5.74) is 5.26. The van der Waals surface area contributed by atoms with E-state index in [0.717, 1.165) is 12.8 Å². The molecule has 2 N–H and O–H groups in total. The SMILES string of the molecule is CCCC(Cl)C(N)(Cl)Cl. The van der Waals surface area contributed by atoms with Gasteiger partial charge in [0.05, 0.1) is 5.38 Å². The second kappa shape index (κ2) is 3.87. The molecule has 0 aromatic rings. The van der Waals surface area contributed by atoms with Crippen LogP contribution in [-0.2, 0) is 0 Å². The van der Waals surface area contributed by atoms with Crippen molar-refractivity contribution in [2.24, 2.45) is 5.73 Å². The lowest BCUT2D eigenvalue weighted by molar-refractivity contribution is 0.662. The van der Waals surface area contributed by atoms with E-state index >= 15 is 0 Å². The van der Waals surface area contributed by atoms with Crippen LogP contribution in [-0.4, -0.2) is 9.83 Å². The van der Waals surface area contributed by atoms with Gasteiger partial charge in [0, 0.05) is 0 Å². The van der Waals surface area contributed by atoms with E-state index in [9.17, 15) is 0 Å². The van der Waals surface area contributed by atoms with Crippen LogP contribution in [0.25, 0.3) is 0 Å². The number of hydrogen-bond acceptors (Lipinski definition) is 1. The molecule has 1 nitrogen and oxygen atoms in total. The summed E-state index contributed by atoms with van der Waals surface area (Å²) in [5, 5.41) is -0.356. The minimum atomic E-state index is -1.28. The molecule has 0 spiro atoms. The summed E-state index contributed by atoms with van der Waals surface area (Å²) in [7, 11) is 0.